The summed E-state index contributed by atoms with van der Waals surface area (Å²) in [6.07, 6.45) is 5.38. The molecule has 28 heavy (non-hydrogen) atoms. The minimum atomic E-state index is -0.602. The molecule has 3 rings (SSSR count). The molecule has 1 heterocycles. The first-order chi connectivity index (χ1) is 13.4. The Morgan fingerprint density at radius 2 is 1.75 bits per heavy atom. The first-order valence-corrected chi connectivity index (χ1v) is 9.08. The number of nitrogens with one attached hydrogen (secondary N) is 1. The van der Waals surface area contributed by atoms with Crippen LogP contribution in [0.25, 0.3) is 0 Å². The molecule has 7 heteroatoms. The maximum Gasteiger partial charge on any atom is 0.355 e. The molecule has 3 aromatic rings. The summed E-state index contributed by atoms with van der Waals surface area (Å²) in [6.45, 7) is 3.77. The Hall–Kier alpha value is -3.30. The molecule has 6 nitrogen and oxygen atoms in total. The summed E-state index contributed by atoms with van der Waals surface area (Å²) in [5, 5.41) is 3.65. The van der Waals surface area contributed by atoms with Crippen LogP contribution in [0.1, 0.15) is 31.0 Å². The van der Waals surface area contributed by atoms with E-state index in [9.17, 15) is 9.59 Å². The number of hydrogen-bond acceptors (Lipinski definition) is 4. The molecule has 0 atom stereocenters. The van der Waals surface area contributed by atoms with Gasteiger partial charge in [-0.15, -0.1) is 6.42 Å². The summed E-state index contributed by atoms with van der Waals surface area (Å²) < 4.78 is 2.56. The van der Waals surface area contributed by atoms with Crippen molar-refractivity contribution in [3.8, 4) is 12.3 Å². The van der Waals surface area contributed by atoms with Crippen molar-refractivity contribution in [2.24, 2.45) is 0 Å². The minimum Gasteiger partial charge on any atom is -0.325 e. The van der Waals surface area contributed by atoms with Gasteiger partial charge in [0.2, 0.25) is 5.95 Å². The molecule has 0 fully saturated rings. The average molecular weight is 395 g/mol. The Labute approximate surface area is 167 Å². The molecule has 0 aliphatic rings. The second-order valence-corrected chi connectivity index (χ2v) is 6.96. The monoisotopic (exact) mass is 394 g/mol. The van der Waals surface area contributed by atoms with Crippen LogP contribution in [0.15, 0.2) is 58.1 Å². The van der Waals surface area contributed by atoms with Gasteiger partial charge in [-0.25, -0.2) is 14.2 Å². The van der Waals surface area contributed by atoms with Crippen molar-refractivity contribution in [1.29, 1.82) is 0 Å². The zero-order chi connectivity index (χ0) is 20.3. The lowest BCUT2D eigenvalue weighted by Gasteiger charge is -2.17. The highest BCUT2D eigenvalue weighted by molar-refractivity contribution is 6.30. The third kappa shape index (κ3) is 4.16. The maximum atomic E-state index is 13.0. The third-order valence-corrected chi connectivity index (χ3v) is 4.43. The Balaban J connectivity index is 2.08. The second-order valence-electron chi connectivity index (χ2n) is 6.52. The Bertz CT molecular complexity index is 1140. The molecular formula is C21H19ClN4O2. The summed E-state index contributed by atoms with van der Waals surface area (Å²) in [4.78, 5) is 29.5. The Morgan fingerprint density at radius 3 is 2.32 bits per heavy atom. The van der Waals surface area contributed by atoms with Crippen LogP contribution in [-0.4, -0.2) is 14.1 Å². The predicted molar refractivity (Wildman–Crippen MR) is 111 cm³/mol. The number of aromatic nitrogens is 3. The van der Waals surface area contributed by atoms with Crippen molar-refractivity contribution >= 4 is 23.2 Å². The number of benzene rings is 2. The van der Waals surface area contributed by atoms with Crippen molar-refractivity contribution in [2.75, 3.05) is 5.32 Å². The van der Waals surface area contributed by atoms with Crippen LogP contribution < -0.4 is 16.7 Å². The van der Waals surface area contributed by atoms with Gasteiger partial charge in [0, 0.05) is 22.3 Å². The molecule has 0 bridgehead atoms. The van der Waals surface area contributed by atoms with Crippen LogP contribution in [-0.2, 0) is 6.54 Å². The summed E-state index contributed by atoms with van der Waals surface area (Å²) in [5.74, 6) is 2.70. The second kappa shape index (κ2) is 8.15. The van der Waals surface area contributed by atoms with E-state index in [-0.39, 0.29) is 18.5 Å². The lowest BCUT2D eigenvalue weighted by atomic mass is 10.2. The van der Waals surface area contributed by atoms with Gasteiger partial charge in [-0.2, -0.15) is 4.98 Å². The minimum absolute atomic E-state index is 0.162. The predicted octanol–water partition coefficient (Wildman–Crippen LogP) is 3.41. The number of rotatable bonds is 5. The zero-order valence-electron chi connectivity index (χ0n) is 15.5. The smallest absolute Gasteiger partial charge is 0.325 e. The van der Waals surface area contributed by atoms with E-state index in [1.165, 1.54) is 4.57 Å². The lowest BCUT2D eigenvalue weighted by Crippen LogP contribution is -2.43. The van der Waals surface area contributed by atoms with Gasteiger partial charge in [0.05, 0.1) is 6.54 Å². The Morgan fingerprint density at radius 1 is 1.11 bits per heavy atom. The molecule has 1 aromatic heterocycles. The summed E-state index contributed by atoms with van der Waals surface area (Å²) >= 11 is 5.94. The van der Waals surface area contributed by atoms with E-state index in [0.29, 0.717) is 10.7 Å². The zero-order valence-corrected chi connectivity index (χ0v) is 16.3. The van der Waals surface area contributed by atoms with Crippen LogP contribution in [0.2, 0.25) is 5.02 Å². The van der Waals surface area contributed by atoms with Crippen molar-refractivity contribution in [2.45, 2.75) is 26.4 Å². The summed E-state index contributed by atoms with van der Waals surface area (Å²) in [6, 6.07) is 13.9. The van der Waals surface area contributed by atoms with Gasteiger partial charge in [-0.3, -0.25) is 4.57 Å². The fourth-order valence-electron chi connectivity index (χ4n) is 2.74. The van der Waals surface area contributed by atoms with Crippen LogP contribution in [0, 0.1) is 12.3 Å². The number of hydrogen-bond donors (Lipinski definition) is 1. The first-order valence-electron chi connectivity index (χ1n) is 8.70. The highest BCUT2D eigenvalue weighted by Gasteiger charge is 2.16. The van der Waals surface area contributed by atoms with E-state index in [4.69, 9.17) is 18.0 Å². The van der Waals surface area contributed by atoms with Crippen molar-refractivity contribution < 1.29 is 0 Å². The standard InChI is InChI=1S/C21H19ClN4O2/c1-4-15-7-11-18(12-8-15)23-19-24-20(27)26(14(2)3)21(28)25(19)13-16-5-9-17(22)10-6-16/h1,5-12,14H,13H2,2-3H3,(H,23,24,27). The quantitative estimate of drug-likeness (QED) is 0.673. The molecule has 2 aromatic carbocycles. The fraction of sp³-hybridized carbons (Fsp3) is 0.190. The SMILES string of the molecule is C#Cc1ccc(Nc2nc(=O)n(C(C)C)c(=O)n2Cc2ccc(Cl)cc2)cc1. The number of halogens is 1. The molecule has 0 amide bonds. The van der Waals surface area contributed by atoms with E-state index in [2.05, 4.69) is 16.2 Å². The van der Waals surface area contributed by atoms with E-state index in [0.717, 1.165) is 15.7 Å². The van der Waals surface area contributed by atoms with Crippen LogP contribution in [0.3, 0.4) is 0 Å². The molecular weight excluding hydrogens is 376 g/mol. The molecule has 0 aliphatic heterocycles. The molecule has 0 saturated carbocycles. The van der Waals surface area contributed by atoms with Crippen molar-refractivity contribution in [3.05, 3.63) is 85.6 Å². The normalized spacial score (nSPS) is 10.7. The van der Waals surface area contributed by atoms with Crippen LogP contribution in [0.5, 0.6) is 0 Å². The largest absolute Gasteiger partial charge is 0.355 e. The van der Waals surface area contributed by atoms with Gasteiger partial charge < -0.3 is 5.32 Å². The van der Waals surface area contributed by atoms with Gasteiger partial charge >= 0.3 is 11.4 Å². The van der Waals surface area contributed by atoms with Crippen molar-refractivity contribution in [3.63, 3.8) is 0 Å². The molecule has 0 saturated heterocycles. The number of nitrogens with zero attached hydrogens (tertiary/aromatic N) is 3. The van der Waals surface area contributed by atoms with Crippen LogP contribution >= 0.6 is 11.6 Å². The van der Waals surface area contributed by atoms with Crippen molar-refractivity contribution in [1.82, 2.24) is 14.1 Å². The average Bonchev–Trinajstić information content (AvgIpc) is 2.66. The highest BCUT2D eigenvalue weighted by Crippen LogP contribution is 2.16. The van der Waals surface area contributed by atoms with Crippen LogP contribution in [0.4, 0.5) is 11.6 Å². The maximum absolute atomic E-state index is 13.0. The number of terminal acetylenes is 1. The van der Waals surface area contributed by atoms with E-state index >= 15 is 0 Å². The van der Waals surface area contributed by atoms with E-state index < -0.39 is 11.4 Å². The summed E-state index contributed by atoms with van der Waals surface area (Å²) in [5.41, 5.74) is 1.21. The molecule has 142 valence electrons. The molecule has 0 aliphatic carbocycles. The topological polar surface area (TPSA) is 68.9 Å². The van der Waals surface area contributed by atoms with Gasteiger partial charge in [-0.05, 0) is 55.8 Å². The van der Waals surface area contributed by atoms with Gasteiger partial charge in [0.25, 0.3) is 0 Å². The highest BCUT2D eigenvalue weighted by atomic mass is 35.5. The number of anilines is 2. The van der Waals surface area contributed by atoms with E-state index in [1.54, 1.807) is 50.2 Å². The fourth-order valence-corrected chi connectivity index (χ4v) is 2.86. The van der Waals surface area contributed by atoms with Gasteiger partial charge in [0.15, 0.2) is 0 Å². The summed E-state index contributed by atoms with van der Waals surface area (Å²) in [7, 11) is 0. The third-order valence-electron chi connectivity index (χ3n) is 4.18. The molecule has 1 N–H and O–H groups in total. The van der Waals surface area contributed by atoms with E-state index in [1.807, 2.05) is 12.1 Å². The first kappa shape index (κ1) is 19.5. The lowest BCUT2D eigenvalue weighted by molar-refractivity contribution is 0.497. The molecule has 0 unspecified atom stereocenters. The van der Waals surface area contributed by atoms with Gasteiger partial charge in [-0.1, -0.05) is 29.7 Å². The van der Waals surface area contributed by atoms with Gasteiger partial charge in [0.1, 0.15) is 0 Å². The Kier molecular flexibility index (Phi) is 5.67. The molecule has 0 spiro atoms. The molecule has 0 radical (unpaired) electrons.